The maximum Gasteiger partial charge on any atom is 0.413 e. The van der Waals surface area contributed by atoms with Gasteiger partial charge in [-0.25, -0.2) is 19.2 Å². The molecule has 3 aliphatic rings. The molecule has 3 aliphatic heterocycles. The van der Waals surface area contributed by atoms with Gasteiger partial charge in [0.25, 0.3) is 0 Å². The van der Waals surface area contributed by atoms with Crippen LogP contribution >= 0.6 is 35.0 Å². The zero-order chi connectivity index (χ0) is 37.1. The van der Waals surface area contributed by atoms with Crippen molar-refractivity contribution in [1.82, 2.24) is 14.7 Å². The van der Waals surface area contributed by atoms with Crippen molar-refractivity contribution in [2.45, 2.75) is 43.7 Å². The molecule has 0 saturated carbocycles. The molecular weight excluding hydrogens is 729 g/mol. The molecule has 3 amide bonds. The summed E-state index contributed by atoms with van der Waals surface area (Å²) in [7, 11) is 3.08. The SMILES string of the molecule is C[C@@H](O)[C@H]1C(=O)N2C(C(=O)OCOC(=O)c3cccc(Cl)c3)=C(S[C@H]3C[C@@H](C(=O)N(C)C)N(C(=O)OCOC(=O)c4cccc(Cl)c4)C3)[C@H](C)[C@H]12. The molecule has 0 radical (unpaired) electrons. The van der Waals surface area contributed by atoms with E-state index < -0.39 is 78.8 Å². The number of carbonyl (C=O) groups is 6. The highest BCUT2D eigenvalue weighted by atomic mass is 35.5. The van der Waals surface area contributed by atoms with E-state index in [0.29, 0.717) is 15.0 Å². The normalized spacial score (nSPS) is 22.9. The molecular formula is C34H35Cl2N3O11S. The van der Waals surface area contributed by atoms with Crippen LogP contribution in [0.15, 0.2) is 59.1 Å². The van der Waals surface area contributed by atoms with E-state index in [1.807, 2.05) is 0 Å². The van der Waals surface area contributed by atoms with Crippen molar-refractivity contribution in [3.63, 3.8) is 0 Å². The van der Waals surface area contributed by atoms with Crippen molar-refractivity contribution in [1.29, 1.82) is 0 Å². The summed E-state index contributed by atoms with van der Waals surface area (Å²) in [5.41, 5.74) is 0.236. The van der Waals surface area contributed by atoms with E-state index in [-0.39, 0.29) is 35.7 Å². The molecule has 2 fully saturated rings. The highest BCUT2D eigenvalue weighted by Crippen LogP contribution is 2.52. The molecule has 14 nitrogen and oxygen atoms in total. The summed E-state index contributed by atoms with van der Waals surface area (Å²) in [6.07, 6.45) is -1.74. The van der Waals surface area contributed by atoms with Crippen LogP contribution in [-0.4, -0.2) is 113 Å². The number of amides is 3. The van der Waals surface area contributed by atoms with E-state index in [0.717, 1.165) is 0 Å². The quantitative estimate of drug-likeness (QED) is 0.199. The first-order valence-corrected chi connectivity index (χ1v) is 17.4. The summed E-state index contributed by atoms with van der Waals surface area (Å²) in [6, 6.07) is 10.6. The second kappa shape index (κ2) is 15.9. The van der Waals surface area contributed by atoms with Crippen LogP contribution in [0.3, 0.4) is 0 Å². The number of likely N-dealkylation sites (N-methyl/N-ethyl adjacent to an activating group) is 1. The topological polar surface area (TPSA) is 169 Å². The third-order valence-corrected chi connectivity index (χ3v) is 10.7. The second-order valence-corrected chi connectivity index (χ2v) is 14.5. The number of halogens is 2. The lowest BCUT2D eigenvalue weighted by molar-refractivity contribution is -0.166. The number of hydrogen-bond acceptors (Lipinski definition) is 12. The molecule has 2 aromatic carbocycles. The smallest absolute Gasteiger partial charge is 0.413 e. The number of fused-ring (bicyclic) bond motifs is 1. The van der Waals surface area contributed by atoms with Crippen LogP contribution in [0.25, 0.3) is 0 Å². The van der Waals surface area contributed by atoms with Crippen molar-refractivity contribution in [2.24, 2.45) is 11.8 Å². The van der Waals surface area contributed by atoms with E-state index in [1.54, 1.807) is 45.3 Å². The van der Waals surface area contributed by atoms with E-state index >= 15 is 0 Å². The molecule has 3 heterocycles. The molecule has 5 rings (SSSR count). The third-order valence-electron chi connectivity index (χ3n) is 8.69. The van der Waals surface area contributed by atoms with Crippen LogP contribution in [0.1, 0.15) is 41.0 Å². The second-order valence-electron chi connectivity index (χ2n) is 12.3. The molecule has 6 atom stereocenters. The highest BCUT2D eigenvalue weighted by molar-refractivity contribution is 8.03. The number of hydrogen-bond donors (Lipinski definition) is 1. The number of β-lactam (4-membered cyclic amide) rings is 1. The minimum absolute atomic E-state index is 0.00419. The van der Waals surface area contributed by atoms with Crippen LogP contribution in [0, 0.1) is 11.8 Å². The molecule has 0 spiro atoms. The number of ether oxygens (including phenoxy) is 4. The standard InChI is InChI=1S/C34H35Cl2N3O11S/c1-17-26-25(18(2)40)30(42)39(26)27(33(45)49-15-47-31(43)19-7-5-9-21(35)11-19)28(17)51-23-13-24(29(41)37(3)4)38(14-23)34(46)50-16-48-32(44)20-8-6-10-22(36)12-20/h5-12,17-18,23-26,40H,13-16H2,1-4H3/t17-,18-,23+,24+,25-,26-/m1/s1. The summed E-state index contributed by atoms with van der Waals surface area (Å²) >= 11 is 13.1. The number of carbonyl (C=O) groups excluding carboxylic acids is 6. The predicted octanol–water partition coefficient (Wildman–Crippen LogP) is 3.94. The van der Waals surface area contributed by atoms with Gasteiger partial charge in [0.1, 0.15) is 11.7 Å². The fraction of sp³-hybridized carbons (Fsp3) is 0.412. The zero-order valence-corrected chi connectivity index (χ0v) is 30.3. The van der Waals surface area contributed by atoms with Gasteiger partial charge in [0.2, 0.25) is 25.4 Å². The first kappa shape index (κ1) is 37.9. The molecule has 2 saturated heterocycles. The third kappa shape index (κ3) is 8.11. The summed E-state index contributed by atoms with van der Waals surface area (Å²) in [5, 5.41) is 10.5. The maximum absolute atomic E-state index is 13.5. The summed E-state index contributed by atoms with van der Waals surface area (Å²) in [4.78, 5) is 82.3. The van der Waals surface area contributed by atoms with Crippen LogP contribution < -0.4 is 0 Å². The average molecular weight is 765 g/mol. The van der Waals surface area contributed by atoms with Gasteiger partial charge in [-0.1, -0.05) is 42.3 Å². The van der Waals surface area contributed by atoms with E-state index in [4.69, 9.17) is 42.1 Å². The summed E-state index contributed by atoms with van der Waals surface area (Å²) < 4.78 is 20.7. The number of likely N-dealkylation sites (tertiary alicyclic amines) is 1. The first-order chi connectivity index (χ1) is 24.2. The number of aliphatic hydroxyl groups is 1. The van der Waals surface area contributed by atoms with E-state index in [2.05, 4.69) is 0 Å². The van der Waals surface area contributed by atoms with Crippen molar-refractivity contribution in [2.75, 3.05) is 34.2 Å². The molecule has 272 valence electrons. The van der Waals surface area contributed by atoms with Crippen molar-refractivity contribution >= 4 is 70.8 Å². The lowest BCUT2D eigenvalue weighted by Crippen LogP contribution is -2.63. The molecule has 0 aliphatic carbocycles. The fourth-order valence-corrected chi connectivity index (χ4v) is 8.18. The molecule has 2 aromatic rings. The number of thioether (sulfide) groups is 1. The van der Waals surface area contributed by atoms with Crippen LogP contribution in [-0.2, 0) is 33.3 Å². The van der Waals surface area contributed by atoms with Crippen molar-refractivity contribution < 1.29 is 52.8 Å². The highest BCUT2D eigenvalue weighted by Gasteiger charge is 2.60. The fourth-order valence-electron chi connectivity index (χ4n) is 6.28. The molecule has 0 bridgehead atoms. The maximum atomic E-state index is 13.5. The Labute approximate surface area is 307 Å². The Morgan fingerprint density at radius 2 is 1.47 bits per heavy atom. The first-order valence-electron chi connectivity index (χ1n) is 15.8. The number of nitrogens with zero attached hydrogens (tertiary/aromatic N) is 3. The Bertz CT molecular complexity index is 1770. The Balaban J connectivity index is 1.30. The minimum atomic E-state index is -0.992. The average Bonchev–Trinajstić information content (AvgIpc) is 3.61. The predicted molar refractivity (Wildman–Crippen MR) is 183 cm³/mol. The molecule has 1 N–H and O–H groups in total. The van der Waals surface area contributed by atoms with Gasteiger partial charge in [-0.05, 0) is 49.7 Å². The summed E-state index contributed by atoms with van der Waals surface area (Å²) in [5.74, 6) is -4.53. The Morgan fingerprint density at radius 3 is 2.00 bits per heavy atom. The lowest BCUT2D eigenvalue weighted by Gasteiger charge is -2.46. The van der Waals surface area contributed by atoms with Gasteiger partial charge in [0.05, 0.1) is 29.2 Å². The number of esters is 3. The van der Waals surface area contributed by atoms with Gasteiger partial charge < -0.3 is 33.9 Å². The number of rotatable bonds is 11. The summed E-state index contributed by atoms with van der Waals surface area (Å²) in [6.45, 7) is 1.83. The molecule has 0 unspecified atom stereocenters. The minimum Gasteiger partial charge on any atom is -0.424 e. The van der Waals surface area contributed by atoms with Gasteiger partial charge in [0.15, 0.2) is 0 Å². The number of benzene rings is 2. The monoisotopic (exact) mass is 763 g/mol. The van der Waals surface area contributed by atoms with E-state index in [9.17, 15) is 33.9 Å². The Kier molecular flexibility index (Phi) is 11.8. The van der Waals surface area contributed by atoms with Gasteiger partial charge >= 0.3 is 24.0 Å². The Morgan fingerprint density at radius 1 is 0.922 bits per heavy atom. The Hall–Kier alpha value is -4.31. The van der Waals surface area contributed by atoms with Crippen LogP contribution in [0.2, 0.25) is 10.0 Å². The van der Waals surface area contributed by atoms with Gasteiger partial charge in [-0.2, -0.15) is 0 Å². The lowest BCUT2D eigenvalue weighted by atomic mass is 9.79. The largest absolute Gasteiger partial charge is 0.424 e. The molecule has 17 heteroatoms. The van der Waals surface area contributed by atoms with Crippen molar-refractivity contribution in [3.05, 3.63) is 80.3 Å². The zero-order valence-electron chi connectivity index (χ0n) is 27.9. The van der Waals surface area contributed by atoms with E-state index in [1.165, 1.54) is 57.7 Å². The van der Waals surface area contributed by atoms with Crippen molar-refractivity contribution in [3.8, 4) is 0 Å². The van der Waals surface area contributed by atoms with Crippen LogP contribution in [0.5, 0.6) is 0 Å². The van der Waals surface area contributed by atoms with Gasteiger partial charge in [-0.3, -0.25) is 14.5 Å². The van der Waals surface area contributed by atoms with Gasteiger partial charge in [0, 0.05) is 46.8 Å². The van der Waals surface area contributed by atoms with Crippen LogP contribution in [0.4, 0.5) is 4.79 Å². The molecule has 51 heavy (non-hydrogen) atoms. The molecule has 0 aromatic heterocycles. The van der Waals surface area contributed by atoms with Gasteiger partial charge in [-0.15, -0.1) is 11.8 Å². The number of aliphatic hydroxyl groups excluding tert-OH is 1.